The number of fused-ring (bicyclic) bond motifs is 1. The lowest BCUT2D eigenvalue weighted by atomic mass is 10.1. The van der Waals surface area contributed by atoms with Crippen molar-refractivity contribution >= 4 is 23.2 Å². The summed E-state index contributed by atoms with van der Waals surface area (Å²) in [6, 6.07) is 6.15. The molecule has 7 heteroatoms. The Morgan fingerprint density at radius 3 is 2.86 bits per heavy atom. The van der Waals surface area contributed by atoms with Crippen LogP contribution in [0.25, 0.3) is 0 Å². The maximum Gasteiger partial charge on any atom is 0.265 e. The van der Waals surface area contributed by atoms with Gasteiger partial charge in [-0.2, -0.15) is 0 Å². The third kappa shape index (κ3) is 2.44. The highest BCUT2D eigenvalue weighted by Crippen LogP contribution is 2.33. The van der Waals surface area contributed by atoms with Gasteiger partial charge in [-0.15, -0.1) is 0 Å². The molecule has 1 aromatic carbocycles. The molecular formula is C15H13N3O4. The minimum Gasteiger partial charge on any atom is -0.478 e. The number of amides is 2. The summed E-state index contributed by atoms with van der Waals surface area (Å²) in [5, 5.41) is 5.20. The molecule has 0 bridgehead atoms. The molecule has 3 N–H and O–H groups in total. The van der Waals surface area contributed by atoms with Crippen molar-refractivity contribution in [3.63, 3.8) is 0 Å². The summed E-state index contributed by atoms with van der Waals surface area (Å²) in [5.41, 5.74) is 0.503. The van der Waals surface area contributed by atoms with E-state index in [1.54, 1.807) is 25.1 Å². The molecule has 0 radical (unpaired) electrons. The second-order valence-corrected chi connectivity index (χ2v) is 4.81. The van der Waals surface area contributed by atoms with Crippen LogP contribution in [0.1, 0.15) is 17.3 Å². The Hall–Kier alpha value is -3.09. The van der Waals surface area contributed by atoms with Crippen LogP contribution in [0.4, 0.5) is 11.4 Å². The largest absolute Gasteiger partial charge is 0.478 e. The molecule has 3 rings (SSSR count). The van der Waals surface area contributed by atoms with Gasteiger partial charge in [0.05, 0.1) is 11.3 Å². The van der Waals surface area contributed by atoms with E-state index in [4.69, 9.17) is 4.74 Å². The predicted octanol–water partition coefficient (Wildman–Crippen LogP) is 1.35. The standard InChI is InChI=1S/C15H13N3O4/c1-8-14(20)17-10-4-2-3-9(13(10)22-8)15(21)18-11-7-16-6-5-12(11)19/h2-8H,1H3,(H,16,19)(H,17,20)(H,18,21)/t8-/m1/s1. The second kappa shape index (κ2) is 5.36. The number of aromatic nitrogens is 1. The zero-order valence-electron chi connectivity index (χ0n) is 11.7. The fourth-order valence-electron chi connectivity index (χ4n) is 2.11. The highest BCUT2D eigenvalue weighted by atomic mass is 16.5. The Bertz CT molecular complexity index is 812. The van der Waals surface area contributed by atoms with E-state index in [-0.39, 0.29) is 22.6 Å². The highest BCUT2D eigenvalue weighted by Gasteiger charge is 2.27. The van der Waals surface area contributed by atoms with Crippen molar-refractivity contribution in [1.82, 2.24) is 4.98 Å². The van der Waals surface area contributed by atoms with E-state index in [0.29, 0.717) is 11.4 Å². The van der Waals surface area contributed by atoms with Crippen LogP contribution in [0, 0.1) is 0 Å². The molecule has 0 aliphatic carbocycles. The van der Waals surface area contributed by atoms with Gasteiger partial charge in [-0.1, -0.05) is 6.07 Å². The number of carbonyl (C=O) groups excluding carboxylic acids is 2. The van der Waals surface area contributed by atoms with E-state index in [9.17, 15) is 14.4 Å². The lowest BCUT2D eigenvalue weighted by molar-refractivity contribution is -0.122. The first-order valence-corrected chi connectivity index (χ1v) is 6.65. The SMILES string of the molecule is C[C@H]1Oc2c(cccc2C(=O)Nc2c[nH]ccc2=O)NC1=O. The zero-order valence-corrected chi connectivity index (χ0v) is 11.7. The number of hydrogen-bond acceptors (Lipinski definition) is 4. The summed E-state index contributed by atoms with van der Waals surface area (Å²) in [4.78, 5) is 38.3. The quantitative estimate of drug-likeness (QED) is 0.779. The Morgan fingerprint density at radius 2 is 2.09 bits per heavy atom. The minimum atomic E-state index is -0.693. The van der Waals surface area contributed by atoms with Crippen LogP contribution in [0.15, 0.2) is 41.5 Å². The van der Waals surface area contributed by atoms with Crippen molar-refractivity contribution in [2.75, 3.05) is 10.6 Å². The molecule has 2 aromatic rings. The molecule has 0 saturated heterocycles. The van der Waals surface area contributed by atoms with Crippen LogP contribution in [-0.2, 0) is 4.79 Å². The van der Waals surface area contributed by atoms with Gasteiger partial charge in [0, 0.05) is 18.5 Å². The number of ether oxygens (including phenoxy) is 1. The monoisotopic (exact) mass is 299 g/mol. The molecule has 1 aliphatic rings. The number of carbonyl (C=O) groups is 2. The van der Waals surface area contributed by atoms with Gasteiger partial charge in [0.2, 0.25) is 5.43 Å². The van der Waals surface area contributed by atoms with Gasteiger partial charge in [0.1, 0.15) is 5.69 Å². The van der Waals surface area contributed by atoms with Crippen LogP contribution < -0.4 is 20.8 Å². The number of para-hydroxylation sites is 1. The topological polar surface area (TPSA) is 100 Å². The first-order chi connectivity index (χ1) is 10.6. The number of H-pyrrole nitrogens is 1. The summed E-state index contributed by atoms with van der Waals surface area (Å²) in [5.74, 6) is -0.471. The van der Waals surface area contributed by atoms with Crippen molar-refractivity contribution in [3.05, 3.63) is 52.4 Å². The maximum atomic E-state index is 12.4. The molecule has 7 nitrogen and oxygen atoms in total. The molecular weight excluding hydrogens is 286 g/mol. The van der Waals surface area contributed by atoms with E-state index in [1.165, 1.54) is 18.5 Å². The molecule has 0 unspecified atom stereocenters. The summed E-state index contributed by atoms with van der Waals surface area (Å²) >= 11 is 0. The number of aromatic amines is 1. The first-order valence-electron chi connectivity index (χ1n) is 6.65. The average Bonchev–Trinajstić information content (AvgIpc) is 2.50. The van der Waals surface area contributed by atoms with Crippen molar-refractivity contribution in [2.24, 2.45) is 0 Å². The number of pyridine rings is 1. The van der Waals surface area contributed by atoms with Crippen molar-refractivity contribution < 1.29 is 14.3 Å². The minimum absolute atomic E-state index is 0.137. The molecule has 0 saturated carbocycles. The lowest BCUT2D eigenvalue weighted by Crippen LogP contribution is -2.35. The average molecular weight is 299 g/mol. The molecule has 2 heterocycles. The van der Waals surface area contributed by atoms with Crippen LogP contribution in [0.3, 0.4) is 0 Å². The molecule has 2 amide bonds. The van der Waals surface area contributed by atoms with E-state index < -0.39 is 12.0 Å². The second-order valence-electron chi connectivity index (χ2n) is 4.81. The van der Waals surface area contributed by atoms with E-state index >= 15 is 0 Å². The summed E-state index contributed by atoms with van der Waals surface area (Å²) < 4.78 is 5.51. The summed E-state index contributed by atoms with van der Waals surface area (Å²) in [6.45, 7) is 1.59. The Morgan fingerprint density at radius 1 is 1.27 bits per heavy atom. The molecule has 1 atom stereocenters. The summed E-state index contributed by atoms with van der Waals surface area (Å²) in [7, 11) is 0. The van der Waals surface area contributed by atoms with Crippen molar-refractivity contribution in [3.8, 4) is 5.75 Å². The fourth-order valence-corrected chi connectivity index (χ4v) is 2.11. The van der Waals surface area contributed by atoms with Crippen LogP contribution in [0.2, 0.25) is 0 Å². The first kappa shape index (κ1) is 13.9. The molecule has 112 valence electrons. The molecule has 0 fully saturated rings. The van der Waals surface area contributed by atoms with Gasteiger partial charge in [0.15, 0.2) is 11.9 Å². The van der Waals surface area contributed by atoms with Crippen LogP contribution >= 0.6 is 0 Å². The van der Waals surface area contributed by atoms with Crippen LogP contribution in [-0.4, -0.2) is 22.9 Å². The third-order valence-corrected chi connectivity index (χ3v) is 3.25. The number of anilines is 2. The van der Waals surface area contributed by atoms with Crippen molar-refractivity contribution in [1.29, 1.82) is 0 Å². The molecule has 1 aliphatic heterocycles. The Balaban J connectivity index is 1.94. The van der Waals surface area contributed by atoms with Gasteiger partial charge < -0.3 is 20.4 Å². The van der Waals surface area contributed by atoms with E-state index in [1.807, 2.05) is 0 Å². The van der Waals surface area contributed by atoms with Gasteiger partial charge in [0.25, 0.3) is 11.8 Å². The molecule has 22 heavy (non-hydrogen) atoms. The van der Waals surface area contributed by atoms with E-state index in [2.05, 4.69) is 15.6 Å². The normalized spacial score (nSPS) is 16.2. The maximum absolute atomic E-state index is 12.4. The lowest BCUT2D eigenvalue weighted by Gasteiger charge is -2.24. The predicted molar refractivity (Wildman–Crippen MR) is 80.2 cm³/mol. The van der Waals surface area contributed by atoms with Crippen molar-refractivity contribution in [2.45, 2.75) is 13.0 Å². The highest BCUT2D eigenvalue weighted by molar-refractivity contribution is 6.09. The van der Waals surface area contributed by atoms with Gasteiger partial charge in [-0.3, -0.25) is 14.4 Å². The van der Waals surface area contributed by atoms with E-state index in [0.717, 1.165) is 0 Å². The number of nitrogens with one attached hydrogen (secondary N) is 3. The van der Waals surface area contributed by atoms with Gasteiger partial charge >= 0.3 is 0 Å². The number of benzene rings is 1. The summed E-state index contributed by atoms with van der Waals surface area (Å²) in [6.07, 6.45) is 2.19. The van der Waals surface area contributed by atoms with Gasteiger partial charge in [-0.05, 0) is 19.1 Å². The third-order valence-electron chi connectivity index (χ3n) is 3.25. The number of hydrogen-bond donors (Lipinski definition) is 3. The van der Waals surface area contributed by atoms with Gasteiger partial charge in [-0.25, -0.2) is 0 Å². The Labute approximate surface area is 125 Å². The Kier molecular flexibility index (Phi) is 3.38. The van der Waals surface area contributed by atoms with Crippen LogP contribution in [0.5, 0.6) is 5.75 Å². The zero-order chi connectivity index (χ0) is 15.7. The fraction of sp³-hybridized carbons (Fsp3) is 0.133. The molecule has 1 aromatic heterocycles. The number of rotatable bonds is 2. The molecule has 0 spiro atoms. The smallest absolute Gasteiger partial charge is 0.265 e.